The van der Waals surface area contributed by atoms with Gasteiger partial charge >= 0.3 is 0 Å². The number of aromatic nitrogens is 1. The lowest BCUT2D eigenvalue weighted by atomic mass is 9.89. The molecule has 0 radical (unpaired) electrons. The van der Waals surface area contributed by atoms with Gasteiger partial charge in [0.05, 0.1) is 5.52 Å². The first-order chi connectivity index (χ1) is 8.18. The summed E-state index contributed by atoms with van der Waals surface area (Å²) < 4.78 is 0. The average molecular weight is 226 g/mol. The summed E-state index contributed by atoms with van der Waals surface area (Å²) in [7, 11) is 0. The molecular weight excluding hydrogens is 208 g/mol. The molecule has 1 aliphatic rings. The highest BCUT2D eigenvalue weighted by atomic mass is 14.7. The molecule has 0 saturated carbocycles. The number of hydrogen-bond donors (Lipinski definition) is 1. The van der Waals surface area contributed by atoms with Crippen molar-refractivity contribution in [2.75, 3.05) is 5.73 Å². The molecule has 0 fully saturated rings. The lowest BCUT2D eigenvalue weighted by molar-refractivity contribution is 0.689. The molecule has 2 aromatic rings. The highest BCUT2D eigenvalue weighted by Gasteiger charge is 2.15. The minimum atomic E-state index is 0.904. The number of fused-ring (bicyclic) bond motifs is 3. The first kappa shape index (κ1) is 10.6. The minimum absolute atomic E-state index is 0.904. The maximum atomic E-state index is 6.21. The molecule has 1 aromatic heterocycles. The molecular formula is C15H18N2. The number of anilines is 1. The van der Waals surface area contributed by atoms with Crippen LogP contribution < -0.4 is 5.73 Å². The van der Waals surface area contributed by atoms with Crippen LogP contribution in [0.3, 0.4) is 0 Å². The van der Waals surface area contributed by atoms with Gasteiger partial charge in [-0.15, -0.1) is 0 Å². The predicted octanol–water partition coefficient (Wildman–Crippen LogP) is 3.31. The number of aryl methyl sites for hydroxylation is 3. The zero-order valence-corrected chi connectivity index (χ0v) is 10.5. The summed E-state index contributed by atoms with van der Waals surface area (Å²) in [6.07, 6.45) is 4.93. The summed E-state index contributed by atoms with van der Waals surface area (Å²) in [6, 6.07) is 4.39. The molecule has 1 heterocycles. The van der Waals surface area contributed by atoms with Crippen molar-refractivity contribution in [3.63, 3.8) is 0 Å². The van der Waals surface area contributed by atoms with Crippen LogP contribution in [0.2, 0.25) is 0 Å². The Labute approximate surface area is 102 Å². The summed E-state index contributed by atoms with van der Waals surface area (Å²) in [5, 5.41) is 1.13. The van der Waals surface area contributed by atoms with E-state index >= 15 is 0 Å². The van der Waals surface area contributed by atoms with Crippen molar-refractivity contribution in [3.8, 4) is 0 Å². The Morgan fingerprint density at radius 1 is 1.12 bits per heavy atom. The first-order valence-corrected chi connectivity index (χ1v) is 6.35. The first-order valence-electron chi connectivity index (χ1n) is 6.35. The number of hydrogen-bond acceptors (Lipinski definition) is 2. The average Bonchev–Trinajstić information content (AvgIpc) is 2.36. The maximum absolute atomic E-state index is 6.21. The summed E-state index contributed by atoms with van der Waals surface area (Å²) in [6.45, 7) is 4.10. The van der Waals surface area contributed by atoms with Gasteiger partial charge in [-0.1, -0.05) is 12.1 Å². The third-order valence-electron chi connectivity index (χ3n) is 4.02. The molecule has 17 heavy (non-hydrogen) atoms. The van der Waals surface area contributed by atoms with E-state index in [4.69, 9.17) is 10.7 Å². The largest absolute Gasteiger partial charge is 0.398 e. The molecule has 2 heteroatoms. The Hall–Kier alpha value is -1.57. The van der Waals surface area contributed by atoms with Crippen LogP contribution in [0.5, 0.6) is 0 Å². The smallest absolute Gasteiger partial charge is 0.0760 e. The Bertz CT molecular complexity index is 600. The molecule has 3 rings (SSSR count). The van der Waals surface area contributed by atoms with E-state index in [9.17, 15) is 0 Å². The summed E-state index contributed by atoms with van der Waals surface area (Å²) in [4.78, 5) is 4.77. The molecule has 2 N–H and O–H groups in total. The third kappa shape index (κ3) is 1.51. The van der Waals surface area contributed by atoms with E-state index in [2.05, 4.69) is 19.1 Å². The summed E-state index contributed by atoms with van der Waals surface area (Å²) >= 11 is 0. The predicted molar refractivity (Wildman–Crippen MR) is 72.3 cm³/mol. The van der Waals surface area contributed by atoms with Gasteiger partial charge in [0.25, 0.3) is 0 Å². The lowest BCUT2D eigenvalue weighted by Crippen LogP contribution is -2.06. The Kier molecular flexibility index (Phi) is 2.32. The number of rotatable bonds is 0. The molecule has 0 saturated heterocycles. The molecule has 0 spiro atoms. The van der Waals surface area contributed by atoms with E-state index in [0.717, 1.165) is 34.3 Å². The maximum Gasteiger partial charge on any atom is 0.0760 e. The van der Waals surface area contributed by atoms with E-state index in [1.807, 2.05) is 6.92 Å². The van der Waals surface area contributed by atoms with Crippen LogP contribution in [-0.2, 0) is 12.8 Å². The third-order valence-corrected chi connectivity index (χ3v) is 4.02. The number of nitrogens with two attached hydrogens (primary N) is 1. The number of nitrogens with zero attached hydrogens (tertiary/aromatic N) is 1. The topological polar surface area (TPSA) is 38.9 Å². The van der Waals surface area contributed by atoms with Crippen molar-refractivity contribution < 1.29 is 0 Å². The molecule has 1 aromatic carbocycles. The van der Waals surface area contributed by atoms with Gasteiger partial charge in [0.1, 0.15) is 0 Å². The standard InChI is InChI=1S/C15H18N2/c1-9-10(2)17-15-12-6-4-3-5-11(12)7-8-13(15)14(9)16/h7-8H,3-6H2,1-2H3,(H2,16,17). The van der Waals surface area contributed by atoms with Crippen molar-refractivity contribution in [1.29, 1.82) is 0 Å². The minimum Gasteiger partial charge on any atom is -0.398 e. The van der Waals surface area contributed by atoms with Crippen LogP contribution in [0.25, 0.3) is 10.9 Å². The highest BCUT2D eigenvalue weighted by molar-refractivity contribution is 5.94. The molecule has 2 nitrogen and oxygen atoms in total. The number of pyridine rings is 1. The van der Waals surface area contributed by atoms with Gasteiger partial charge in [-0.05, 0) is 56.2 Å². The quantitative estimate of drug-likeness (QED) is 0.748. The summed E-state index contributed by atoms with van der Waals surface area (Å²) in [5.74, 6) is 0. The normalized spacial score (nSPS) is 14.9. The van der Waals surface area contributed by atoms with Gasteiger partial charge in [0.2, 0.25) is 0 Å². The van der Waals surface area contributed by atoms with Gasteiger partial charge in [-0.25, -0.2) is 0 Å². The SMILES string of the molecule is Cc1nc2c3c(ccc2c(N)c1C)CCCC3. The Morgan fingerprint density at radius 3 is 2.71 bits per heavy atom. The fourth-order valence-corrected chi connectivity index (χ4v) is 2.80. The van der Waals surface area contributed by atoms with Crippen molar-refractivity contribution in [1.82, 2.24) is 4.98 Å². The van der Waals surface area contributed by atoms with Gasteiger partial charge in [-0.3, -0.25) is 4.98 Å². The fraction of sp³-hybridized carbons (Fsp3) is 0.400. The van der Waals surface area contributed by atoms with Crippen molar-refractivity contribution in [3.05, 3.63) is 34.5 Å². The van der Waals surface area contributed by atoms with Crippen LogP contribution >= 0.6 is 0 Å². The van der Waals surface area contributed by atoms with E-state index in [1.165, 1.54) is 30.4 Å². The second-order valence-electron chi connectivity index (χ2n) is 5.04. The number of benzene rings is 1. The van der Waals surface area contributed by atoms with Crippen LogP contribution in [0, 0.1) is 13.8 Å². The van der Waals surface area contributed by atoms with Crippen LogP contribution in [-0.4, -0.2) is 4.98 Å². The van der Waals surface area contributed by atoms with Gasteiger partial charge in [-0.2, -0.15) is 0 Å². The number of nitrogen functional groups attached to an aromatic ring is 1. The van der Waals surface area contributed by atoms with E-state index in [0.29, 0.717) is 0 Å². The van der Waals surface area contributed by atoms with Crippen molar-refractivity contribution in [2.45, 2.75) is 39.5 Å². The van der Waals surface area contributed by atoms with Crippen LogP contribution in [0.15, 0.2) is 12.1 Å². The fourth-order valence-electron chi connectivity index (χ4n) is 2.80. The zero-order valence-electron chi connectivity index (χ0n) is 10.5. The Morgan fingerprint density at radius 2 is 1.88 bits per heavy atom. The molecule has 0 amide bonds. The van der Waals surface area contributed by atoms with Crippen LogP contribution in [0.4, 0.5) is 5.69 Å². The molecule has 0 aliphatic heterocycles. The lowest BCUT2D eigenvalue weighted by Gasteiger charge is -2.19. The monoisotopic (exact) mass is 226 g/mol. The summed E-state index contributed by atoms with van der Waals surface area (Å²) in [5.41, 5.74) is 13.3. The zero-order chi connectivity index (χ0) is 12.0. The molecule has 88 valence electrons. The Balaban J connectivity index is 2.40. The highest BCUT2D eigenvalue weighted by Crippen LogP contribution is 2.32. The molecule has 1 aliphatic carbocycles. The van der Waals surface area contributed by atoms with Crippen molar-refractivity contribution in [2.24, 2.45) is 0 Å². The van der Waals surface area contributed by atoms with E-state index in [-0.39, 0.29) is 0 Å². The van der Waals surface area contributed by atoms with Crippen molar-refractivity contribution >= 4 is 16.6 Å². The van der Waals surface area contributed by atoms with E-state index < -0.39 is 0 Å². The molecule has 0 bridgehead atoms. The molecule has 0 unspecified atom stereocenters. The van der Waals surface area contributed by atoms with Gasteiger partial charge < -0.3 is 5.73 Å². The van der Waals surface area contributed by atoms with E-state index in [1.54, 1.807) is 0 Å². The molecule has 0 atom stereocenters. The van der Waals surface area contributed by atoms with Crippen LogP contribution in [0.1, 0.15) is 35.2 Å². The van der Waals surface area contributed by atoms with Gasteiger partial charge in [0.15, 0.2) is 0 Å². The second kappa shape index (κ2) is 3.73. The second-order valence-corrected chi connectivity index (χ2v) is 5.04. The van der Waals surface area contributed by atoms with Gasteiger partial charge in [0, 0.05) is 16.8 Å².